The zero-order valence-electron chi connectivity index (χ0n) is 16.7. The third-order valence-electron chi connectivity index (χ3n) is 5.54. The molecule has 1 atom stereocenters. The molecule has 2 aromatic rings. The van der Waals surface area contributed by atoms with Crippen LogP contribution in [-0.2, 0) is 4.79 Å². The van der Waals surface area contributed by atoms with E-state index in [0.29, 0.717) is 37.2 Å². The Morgan fingerprint density at radius 3 is 2.55 bits per heavy atom. The number of hydrogen-bond acceptors (Lipinski definition) is 8. The third-order valence-corrected chi connectivity index (χ3v) is 5.54. The van der Waals surface area contributed by atoms with Crippen LogP contribution in [0.2, 0.25) is 0 Å². The predicted octanol–water partition coefficient (Wildman–Crippen LogP) is 0.808. The summed E-state index contributed by atoms with van der Waals surface area (Å²) in [6, 6.07) is 10.1. The van der Waals surface area contributed by atoms with E-state index in [2.05, 4.69) is 15.3 Å². The summed E-state index contributed by atoms with van der Waals surface area (Å²) in [5.74, 6) is -0.253. The Balaban J connectivity index is 1.43. The van der Waals surface area contributed by atoms with Crippen molar-refractivity contribution in [3.63, 3.8) is 0 Å². The zero-order valence-corrected chi connectivity index (χ0v) is 16.7. The van der Waals surface area contributed by atoms with E-state index in [1.54, 1.807) is 35.2 Å². The normalized spacial score (nSPS) is 21.8. The highest BCUT2D eigenvalue weighted by Crippen LogP contribution is 2.27. The smallest absolute Gasteiger partial charge is 0.275 e. The number of carbonyl (C=O) groups is 2. The lowest BCUT2D eigenvalue weighted by atomic mass is 10.1. The Kier molecular flexibility index (Phi) is 5.54. The third kappa shape index (κ3) is 4.19. The first-order valence-corrected chi connectivity index (χ1v) is 10.0. The van der Waals surface area contributed by atoms with E-state index in [9.17, 15) is 19.8 Å². The fraction of sp³-hybridized carbons (Fsp3) is 0.381. The lowest BCUT2D eigenvalue weighted by Gasteiger charge is -2.29. The molecule has 0 spiro atoms. The molecule has 2 fully saturated rings. The summed E-state index contributed by atoms with van der Waals surface area (Å²) in [7, 11) is 0. The molecule has 2 saturated heterocycles. The van der Waals surface area contributed by atoms with Crippen molar-refractivity contribution in [3.8, 4) is 6.07 Å². The van der Waals surface area contributed by atoms with Gasteiger partial charge >= 0.3 is 0 Å². The molecule has 0 aliphatic carbocycles. The first-order valence-electron chi connectivity index (χ1n) is 10.0. The lowest BCUT2D eigenvalue weighted by molar-refractivity contribution is -0.128. The number of aromatic nitrogens is 2. The SMILES string of the molecule is N#C[C@@]1(O)CCN(c2ccnc(Nc3ccc(C(=O)N4CCC(O)CC4)cc3)n2)C1=O. The van der Waals surface area contributed by atoms with Crippen molar-refractivity contribution < 1.29 is 19.8 Å². The Labute approximate surface area is 178 Å². The van der Waals surface area contributed by atoms with Crippen LogP contribution in [-0.4, -0.2) is 68.2 Å². The fourth-order valence-electron chi connectivity index (χ4n) is 3.66. The molecule has 3 N–H and O–H groups in total. The Hall–Kier alpha value is -3.55. The van der Waals surface area contributed by atoms with Gasteiger partial charge in [0.15, 0.2) is 0 Å². The largest absolute Gasteiger partial charge is 0.393 e. The van der Waals surface area contributed by atoms with Crippen molar-refractivity contribution in [2.45, 2.75) is 31.0 Å². The van der Waals surface area contributed by atoms with Crippen LogP contribution < -0.4 is 10.2 Å². The van der Waals surface area contributed by atoms with E-state index < -0.39 is 11.5 Å². The molecule has 10 nitrogen and oxygen atoms in total. The molecule has 2 aliphatic heterocycles. The summed E-state index contributed by atoms with van der Waals surface area (Å²) in [5, 5.41) is 31.7. The number of hydrogen-bond donors (Lipinski definition) is 3. The number of likely N-dealkylation sites (tertiary alicyclic amines) is 1. The molecule has 4 rings (SSSR count). The average Bonchev–Trinajstić information content (AvgIpc) is 3.09. The van der Waals surface area contributed by atoms with Gasteiger partial charge in [-0.1, -0.05) is 0 Å². The van der Waals surface area contributed by atoms with Gasteiger partial charge in [-0.25, -0.2) is 4.98 Å². The van der Waals surface area contributed by atoms with Gasteiger partial charge in [-0.15, -0.1) is 0 Å². The predicted molar refractivity (Wildman–Crippen MR) is 110 cm³/mol. The van der Waals surface area contributed by atoms with E-state index in [0.717, 1.165) is 0 Å². The number of aliphatic hydroxyl groups excluding tert-OH is 1. The number of nitrogens with one attached hydrogen (secondary N) is 1. The van der Waals surface area contributed by atoms with Gasteiger partial charge in [0, 0.05) is 43.5 Å². The second-order valence-electron chi connectivity index (χ2n) is 7.64. The maximum absolute atomic E-state index is 12.6. The average molecular weight is 422 g/mol. The highest BCUT2D eigenvalue weighted by molar-refractivity contribution is 6.03. The van der Waals surface area contributed by atoms with Crippen LogP contribution in [0.25, 0.3) is 0 Å². The molecule has 0 unspecified atom stereocenters. The molecule has 2 amide bonds. The molecular formula is C21H22N6O4. The van der Waals surface area contributed by atoms with Gasteiger partial charge in [0.25, 0.3) is 11.8 Å². The second-order valence-corrected chi connectivity index (χ2v) is 7.64. The monoisotopic (exact) mass is 422 g/mol. The van der Waals surface area contributed by atoms with Crippen LogP contribution in [0.3, 0.4) is 0 Å². The maximum atomic E-state index is 12.6. The Bertz CT molecular complexity index is 1030. The summed E-state index contributed by atoms with van der Waals surface area (Å²) in [5.41, 5.74) is -0.813. The van der Waals surface area contributed by atoms with Crippen molar-refractivity contribution in [1.29, 1.82) is 5.26 Å². The number of nitrogens with zero attached hydrogens (tertiary/aromatic N) is 5. The zero-order chi connectivity index (χ0) is 22.0. The molecule has 0 bridgehead atoms. The minimum atomic E-state index is -2.02. The molecule has 160 valence electrons. The number of nitriles is 1. The molecule has 31 heavy (non-hydrogen) atoms. The number of carbonyl (C=O) groups excluding carboxylic acids is 2. The minimum Gasteiger partial charge on any atom is -0.393 e. The molecule has 1 aromatic heterocycles. The standard InChI is InChI=1S/C21H22N6O4/c22-13-21(31)8-12-27(19(21)30)17-5-9-23-20(25-17)24-15-3-1-14(2-4-15)18(29)26-10-6-16(28)7-11-26/h1-5,9,16,28,31H,6-8,10-12H2,(H,23,24,25)/t21-/m0/s1. The highest BCUT2D eigenvalue weighted by atomic mass is 16.3. The Morgan fingerprint density at radius 1 is 1.19 bits per heavy atom. The summed E-state index contributed by atoms with van der Waals surface area (Å²) in [6.07, 6.45) is 2.33. The molecule has 0 saturated carbocycles. The van der Waals surface area contributed by atoms with Crippen molar-refractivity contribution in [1.82, 2.24) is 14.9 Å². The number of aliphatic hydroxyl groups is 2. The second kappa shape index (κ2) is 8.29. The molecule has 3 heterocycles. The van der Waals surface area contributed by atoms with Crippen molar-refractivity contribution in [2.75, 3.05) is 29.9 Å². The van der Waals surface area contributed by atoms with E-state index in [1.165, 1.54) is 17.2 Å². The summed E-state index contributed by atoms with van der Waals surface area (Å²) < 4.78 is 0. The molecule has 10 heteroatoms. The van der Waals surface area contributed by atoms with Gasteiger partial charge in [-0.2, -0.15) is 10.2 Å². The topological polar surface area (TPSA) is 143 Å². The summed E-state index contributed by atoms with van der Waals surface area (Å²) in [4.78, 5) is 36.3. The first-order chi connectivity index (χ1) is 14.9. The van der Waals surface area contributed by atoms with Crippen LogP contribution in [0.4, 0.5) is 17.5 Å². The van der Waals surface area contributed by atoms with Gasteiger partial charge in [-0.3, -0.25) is 14.5 Å². The number of benzene rings is 1. The fourth-order valence-corrected chi connectivity index (χ4v) is 3.66. The van der Waals surface area contributed by atoms with Crippen LogP contribution in [0, 0.1) is 11.3 Å². The maximum Gasteiger partial charge on any atom is 0.275 e. The highest BCUT2D eigenvalue weighted by Gasteiger charge is 2.46. The van der Waals surface area contributed by atoms with Gasteiger partial charge in [0.2, 0.25) is 11.5 Å². The van der Waals surface area contributed by atoms with E-state index >= 15 is 0 Å². The minimum absolute atomic E-state index is 0.0145. The first kappa shape index (κ1) is 20.7. The van der Waals surface area contributed by atoms with Gasteiger partial charge in [-0.05, 0) is 43.2 Å². The van der Waals surface area contributed by atoms with Crippen LogP contribution in [0.15, 0.2) is 36.5 Å². The number of piperidine rings is 1. The van der Waals surface area contributed by atoms with Gasteiger partial charge in [0.05, 0.1) is 6.10 Å². The van der Waals surface area contributed by atoms with Crippen molar-refractivity contribution in [3.05, 3.63) is 42.1 Å². The molecule has 0 radical (unpaired) electrons. The number of rotatable bonds is 4. The molecule has 1 aromatic carbocycles. The summed E-state index contributed by atoms with van der Waals surface area (Å²) in [6.45, 7) is 1.26. The van der Waals surface area contributed by atoms with Crippen LogP contribution in [0.5, 0.6) is 0 Å². The quantitative estimate of drug-likeness (QED) is 0.614. The van der Waals surface area contributed by atoms with E-state index in [1.807, 2.05) is 0 Å². The van der Waals surface area contributed by atoms with Crippen LogP contribution in [0.1, 0.15) is 29.6 Å². The van der Waals surface area contributed by atoms with Crippen molar-refractivity contribution in [2.24, 2.45) is 0 Å². The molecular weight excluding hydrogens is 400 g/mol. The number of amides is 2. The number of anilines is 3. The molecule has 2 aliphatic rings. The Morgan fingerprint density at radius 2 is 1.90 bits per heavy atom. The lowest BCUT2D eigenvalue weighted by Crippen LogP contribution is -2.40. The van der Waals surface area contributed by atoms with Crippen LogP contribution >= 0.6 is 0 Å². The van der Waals surface area contributed by atoms with E-state index in [-0.39, 0.29) is 36.7 Å². The van der Waals surface area contributed by atoms with Gasteiger partial charge in [0.1, 0.15) is 11.9 Å². The summed E-state index contributed by atoms with van der Waals surface area (Å²) >= 11 is 0. The van der Waals surface area contributed by atoms with Crippen molar-refractivity contribution >= 4 is 29.3 Å². The van der Waals surface area contributed by atoms with E-state index in [4.69, 9.17) is 5.26 Å². The van der Waals surface area contributed by atoms with Gasteiger partial charge < -0.3 is 20.4 Å².